The zero-order valence-corrected chi connectivity index (χ0v) is 20.4. The molecule has 34 heavy (non-hydrogen) atoms. The molecule has 0 radical (unpaired) electrons. The molecule has 0 atom stereocenters. The number of nitrogens with zero attached hydrogens (tertiary/aromatic N) is 3. The van der Waals surface area contributed by atoms with Crippen LogP contribution >= 0.6 is 0 Å². The van der Waals surface area contributed by atoms with E-state index in [-0.39, 0.29) is 5.91 Å². The van der Waals surface area contributed by atoms with Crippen molar-refractivity contribution in [1.29, 1.82) is 0 Å². The fourth-order valence-electron chi connectivity index (χ4n) is 3.46. The lowest BCUT2D eigenvalue weighted by Gasteiger charge is -2.11. The maximum absolute atomic E-state index is 12.4. The Morgan fingerprint density at radius 2 is 1.74 bits per heavy atom. The minimum absolute atomic E-state index is 0.346. The highest BCUT2D eigenvalue weighted by molar-refractivity contribution is 5.94. The third kappa shape index (κ3) is 7.76. The summed E-state index contributed by atoms with van der Waals surface area (Å²) in [5.41, 5.74) is 6.48. The van der Waals surface area contributed by atoms with Gasteiger partial charge in [0.15, 0.2) is 0 Å². The average Bonchev–Trinajstić information content (AvgIpc) is 3.35. The molecule has 0 aliphatic heterocycles. The van der Waals surface area contributed by atoms with E-state index in [2.05, 4.69) is 27.6 Å². The number of hydrogen-bond acceptors (Lipinski definition) is 5. The molecular formula is C27H35N5O2. The van der Waals surface area contributed by atoms with E-state index in [1.165, 1.54) is 32.1 Å². The number of ether oxygens (including phenoxy) is 1. The lowest BCUT2D eigenvalue weighted by atomic mass is 10.1. The molecule has 0 bridgehead atoms. The van der Waals surface area contributed by atoms with Gasteiger partial charge in [-0.2, -0.15) is 10.2 Å². The molecule has 0 aliphatic rings. The smallest absolute Gasteiger partial charge is 0.289 e. The number of aromatic nitrogens is 2. The van der Waals surface area contributed by atoms with Gasteiger partial charge in [-0.15, -0.1) is 0 Å². The molecule has 0 fully saturated rings. The van der Waals surface area contributed by atoms with Crippen LogP contribution in [0, 0.1) is 0 Å². The second-order valence-corrected chi connectivity index (χ2v) is 8.49. The molecule has 0 spiro atoms. The van der Waals surface area contributed by atoms with Gasteiger partial charge in [-0.3, -0.25) is 9.89 Å². The van der Waals surface area contributed by atoms with E-state index < -0.39 is 0 Å². The summed E-state index contributed by atoms with van der Waals surface area (Å²) in [7, 11) is 3.97. The van der Waals surface area contributed by atoms with E-state index in [0.29, 0.717) is 11.4 Å². The number of carbonyl (C=O) groups excluding carboxylic acids is 1. The van der Waals surface area contributed by atoms with Crippen molar-refractivity contribution in [1.82, 2.24) is 15.6 Å². The van der Waals surface area contributed by atoms with Crippen molar-refractivity contribution in [2.24, 2.45) is 5.10 Å². The number of nitrogens with one attached hydrogen (secondary N) is 2. The maximum Gasteiger partial charge on any atom is 0.289 e. The topological polar surface area (TPSA) is 82.6 Å². The van der Waals surface area contributed by atoms with Gasteiger partial charge in [0, 0.05) is 25.3 Å². The zero-order chi connectivity index (χ0) is 24.2. The average molecular weight is 462 g/mol. The Morgan fingerprint density at radius 3 is 2.44 bits per heavy atom. The predicted molar refractivity (Wildman–Crippen MR) is 139 cm³/mol. The van der Waals surface area contributed by atoms with Crippen molar-refractivity contribution in [3.63, 3.8) is 0 Å². The number of aromatic amines is 1. The van der Waals surface area contributed by atoms with Gasteiger partial charge in [-0.25, -0.2) is 5.43 Å². The Labute approximate surface area is 202 Å². The van der Waals surface area contributed by atoms with Crippen LogP contribution in [0.15, 0.2) is 59.7 Å². The molecule has 3 aromatic rings. The van der Waals surface area contributed by atoms with E-state index in [1.807, 2.05) is 67.5 Å². The molecule has 3 rings (SSSR count). The van der Waals surface area contributed by atoms with E-state index in [4.69, 9.17) is 4.74 Å². The molecule has 1 aromatic heterocycles. The van der Waals surface area contributed by atoms with Crippen LogP contribution in [-0.2, 0) is 0 Å². The van der Waals surface area contributed by atoms with Gasteiger partial charge in [-0.1, -0.05) is 51.2 Å². The van der Waals surface area contributed by atoms with E-state index in [0.717, 1.165) is 35.6 Å². The third-order valence-electron chi connectivity index (χ3n) is 5.53. The SMILES string of the molecule is CCCCCCCCOc1ccc(-c2cc(C(=O)N/N=C/c3ccc(N(C)C)cc3)[nH]n2)cc1. The summed E-state index contributed by atoms with van der Waals surface area (Å²) >= 11 is 0. The summed E-state index contributed by atoms with van der Waals surface area (Å²) in [6.45, 7) is 2.96. The van der Waals surface area contributed by atoms with Crippen molar-refractivity contribution in [3.05, 3.63) is 65.9 Å². The first-order valence-electron chi connectivity index (χ1n) is 12.0. The molecule has 1 amide bonds. The van der Waals surface area contributed by atoms with Gasteiger partial charge < -0.3 is 9.64 Å². The Balaban J connectivity index is 1.46. The minimum Gasteiger partial charge on any atom is -0.494 e. The molecule has 180 valence electrons. The van der Waals surface area contributed by atoms with Gasteiger partial charge in [0.2, 0.25) is 0 Å². The Hall–Kier alpha value is -3.61. The van der Waals surface area contributed by atoms with Gasteiger partial charge in [0.1, 0.15) is 11.4 Å². The van der Waals surface area contributed by atoms with Gasteiger partial charge in [-0.05, 0) is 54.4 Å². The number of rotatable bonds is 13. The van der Waals surface area contributed by atoms with Crippen LogP contribution in [0.3, 0.4) is 0 Å². The highest BCUT2D eigenvalue weighted by atomic mass is 16.5. The van der Waals surface area contributed by atoms with Gasteiger partial charge >= 0.3 is 0 Å². The number of carbonyl (C=O) groups is 1. The fraction of sp³-hybridized carbons (Fsp3) is 0.370. The number of anilines is 1. The van der Waals surface area contributed by atoms with Crippen molar-refractivity contribution >= 4 is 17.8 Å². The summed E-state index contributed by atoms with van der Waals surface area (Å²) in [6, 6.07) is 17.4. The predicted octanol–water partition coefficient (Wildman–Crippen LogP) is 5.65. The molecule has 0 saturated heterocycles. The van der Waals surface area contributed by atoms with Crippen molar-refractivity contribution in [3.8, 4) is 17.0 Å². The summed E-state index contributed by atoms with van der Waals surface area (Å²) in [5, 5.41) is 11.1. The molecule has 1 heterocycles. The maximum atomic E-state index is 12.4. The number of H-pyrrole nitrogens is 1. The quantitative estimate of drug-likeness (QED) is 0.196. The van der Waals surface area contributed by atoms with E-state index >= 15 is 0 Å². The first-order valence-corrected chi connectivity index (χ1v) is 12.0. The van der Waals surface area contributed by atoms with E-state index in [1.54, 1.807) is 12.3 Å². The van der Waals surface area contributed by atoms with Crippen LogP contribution in [-0.4, -0.2) is 43.0 Å². The number of hydrazone groups is 1. The summed E-state index contributed by atoms with van der Waals surface area (Å²) in [6.07, 6.45) is 9.07. The molecule has 0 unspecified atom stereocenters. The Bertz CT molecular complexity index is 1040. The number of amides is 1. The van der Waals surface area contributed by atoms with Crippen LogP contribution in [0.25, 0.3) is 11.3 Å². The lowest BCUT2D eigenvalue weighted by molar-refractivity contribution is 0.0950. The molecule has 2 aromatic carbocycles. The van der Waals surface area contributed by atoms with Crippen LogP contribution in [0.1, 0.15) is 61.5 Å². The molecular weight excluding hydrogens is 426 g/mol. The minimum atomic E-state index is -0.348. The zero-order valence-electron chi connectivity index (χ0n) is 20.4. The Kier molecular flexibility index (Phi) is 9.70. The lowest BCUT2D eigenvalue weighted by Crippen LogP contribution is -2.18. The molecule has 2 N–H and O–H groups in total. The highest BCUT2D eigenvalue weighted by Crippen LogP contribution is 2.21. The monoisotopic (exact) mass is 461 g/mol. The molecule has 0 saturated carbocycles. The van der Waals surface area contributed by atoms with Crippen molar-refractivity contribution < 1.29 is 9.53 Å². The largest absolute Gasteiger partial charge is 0.494 e. The van der Waals surface area contributed by atoms with E-state index in [9.17, 15) is 4.79 Å². The molecule has 0 aliphatic carbocycles. The van der Waals surface area contributed by atoms with Crippen molar-refractivity contribution in [2.45, 2.75) is 45.4 Å². The van der Waals surface area contributed by atoms with Crippen LogP contribution in [0.4, 0.5) is 5.69 Å². The molecule has 7 nitrogen and oxygen atoms in total. The third-order valence-corrected chi connectivity index (χ3v) is 5.53. The van der Waals surface area contributed by atoms with Crippen molar-refractivity contribution in [2.75, 3.05) is 25.6 Å². The summed E-state index contributed by atoms with van der Waals surface area (Å²) in [4.78, 5) is 14.4. The standard InChI is InChI=1S/C27H35N5O2/c1-4-5-6-7-8-9-18-34-24-16-12-22(13-17-24)25-19-26(30-29-25)27(33)31-28-20-21-10-14-23(15-11-21)32(2)3/h10-17,19-20H,4-9,18H2,1-3H3,(H,29,30)(H,31,33)/b28-20+. The van der Waals surface area contributed by atoms with Gasteiger partial charge in [0.05, 0.1) is 18.5 Å². The fourth-order valence-corrected chi connectivity index (χ4v) is 3.46. The number of benzene rings is 2. The number of hydrogen-bond donors (Lipinski definition) is 2. The van der Waals surface area contributed by atoms with Crippen LogP contribution in [0.2, 0.25) is 0 Å². The van der Waals surface area contributed by atoms with Crippen LogP contribution < -0.4 is 15.1 Å². The van der Waals surface area contributed by atoms with Gasteiger partial charge in [0.25, 0.3) is 5.91 Å². The summed E-state index contributed by atoms with van der Waals surface area (Å²) in [5.74, 6) is 0.498. The number of unbranched alkanes of at least 4 members (excludes halogenated alkanes) is 5. The first-order chi connectivity index (χ1) is 16.6. The molecule has 7 heteroatoms. The van der Waals surface area contributed by atoms with Crippen LogP contribution in [0.5, 0.6) is 5.75 Å². The second kappa shape index (κ2) is 13.2. The highest BCUT2D eigenvalue weighted by Gasteiger charge is 2.10. The first kappa shape index (κ1) is 25.0. The Morgan fingerprint density at radius 1 is 1.03 bits per heavy atom. The summed E-state index contributed by atoms with van der Waals surface area (Å²) < 4.78 is 5.84. The second-order valence-electron chi connectivity index (χ2n) is 8.49. The normalized spacial score (nSPS) is 11.0.